The first-order valence-corrected chi connectivity index (χ1v) is 7.22. The van der Waals surface area contributed by atoms with Crippen LogP contribution in [0.15, 0.2) is 40.1 Å². The third-order valence-electron chi connectivity index (χ3n) is 2.49. The van der Waals surface area contributed by atoms with E-state index in [-0.39, 0.29) is 24.4 Å². The smallest absolute Gasteiger partial charge is 0.305 e. The first-order valence-electron chi connectivity index (χ1n) is 5.74. The van der Waals surface area contributed by atoms with Gasteiger partial charge < -0.3 is 9.52 Å². The molecule has 0 fully saturated rings. The second kappa shape index (κ2) is 5.88. The molecule has 0 unspecified atom stereocenters. The molecule has 0 aromatic carbocycles. The molecule has 0 aliphatic carbocycles. The number of rotatable bonds is 7. The Morgan fingerprint density at radius 3 is 2.95 bits per heavy atom. The largest absolute Gasteiger partial charge is 0.481 e. The number of sulfonamides is 1. The summed E-state index contributed by atoms with van der Waals surface area (Å²) in [5.41, 5.74) is 0. The molecule has 0 aliphatic heterocycles. The first kappa shape index (κ1) is 14.3. The van der Waals surface area contributed by atoms with Gasteiger partial charge in [0.15, 0.2) is 0 Å². The molecule has 0 spiro atoms. The van der Waals surface area contributed by atoms with Crippen LogP contribution < -0.4 is 4.72 Å². The highest BCUT2D eigenvalue weighted by molar-refractivity contribution is 7.89. The minimum Gasteiger partial charge on any atom is -0.481 e. The topological polar surface area (TPSA) is 114 Å². The van der Waals surface area contributed by atoms with Crippen molar-refractivity contribution < 1.29 is 22.7 Å². The molecular weight excluding hydrogens is 286 g/mol. The van der Waals surface area contributed by atoms with Gasteiger partial charge in [0.25, 0.3) is 0 Å². The summed E-state index contributed by atoms with van der Waals surface area (Å²) < 4.78 is 32.6. The van der Waals surface area contributed by atoms with E-state index in [4.69, 9.17) is 9.52 Å². The number of furan rings is 1. The van der Waals surface area contributed by atoms with Crippen LogP contribution in [0, 0.1) is 0 Å². The van der Waals surface area contributed by atoms with Crippen molar-refractivity contribution in [1.82, 2.24) is 14.5 Å². The molecule has 0 radical (unpaired) electrons. The van der Waals surface area contributed by atoms with Crippen LogP contribution in [-0.4, -0.2) is 29.3 Å². The van der Waals surface area contributed by atoms with E-state index in [0.29, 0.717) is 5.76 Å². The summed E-state index contributed by atoms with van der Waals surface area (Å²) in [6, 6.07) is 3.31. The lowest BCUT2D eigenvalue weighted by atomic mass is 10.4. The van der Waals surface area contributed by atoms with E-state index in [1.54, 1.807) is 12.1 Å². The van der Waals surface area contributed by atoms with Crippen LogP contribution in [0.4, 0.5) is 0 Å². The predicted molar refractivity (Wildman–Crippen MR) is 67.2 cm³/mol. The zero-order valence-electron chi connectivity index (χ0n) is 10.4. The number of aryl methyl sites for hydroxylation is 1. The second-order valence-electron chi connectivity index (χ2n) is 3.99. The van der Waals surface area contributed by atoms with Crippen LogP contribution in [0.5, 0.6) is 0 Å². The van der Waals surface area contributed by atoms with Crippen LogP contribution in [0.25, 0.3) is 0 Å². The SMILES string of the molecule is O=C(O)CCn1cc(S(=O)(=O)NCc2ccco2)cn1. The fourth-order valence-corrected chi connectivity index (χ4v) is 2.42. The Morgan fingerprint density at radius 1 is 1.50 bits per heavy atom. The van der Waals surface area contributed by atoms with E-state index < -0.39 is 16.0 Å². The van der Waals surface area contributed by atoms with E-state index >= 15 is 0 Å². The van der Waals surface area contributed by atoms with Crippen LogP contribution in [0.3, 0.4) is 0 Å². The summed E-state index contributed by atoms with van der Waals surface area (Å²) in [5, 5.41) is 12.4. The van der Waals surface area contributed by atoms with Crippen LogP contribution in [-0.2, 0) is 27.9 Å². The maximum atomic E-state index is 12.0. The van der Waals surface area contributed by atoms with Crippen molar-refractivity contribution in [2.24, 2.45) is 0 Å². The molecule has 0 amide bonds. The van der Waals surface area contributed by atoms with Crippen LogP contribution in [0.1, 0.15) is 12.2 Å². The number of nitrogens with one attached hydrogen (secondary N) is 1. The van der Waals surface area contributed by atoms with Crippen LogP contribution >= 0.6 is 0 Å². The molecule has 0 aliphatic rings. The summed E-state index contributed by atoms with van der Waals surface area (Å²) in [4.78, 5) is 10.4. The normalized spacial score (nSPS) is 11.6. The Kier molecular flexibility index (Phi) is 4.20. The number of carboxylic acids is 1. The van der Waals surface area contributed by atoms with Gasteiger partial charge in [-0.15, -0.1) is 0 Å². The third kappa shape index (κ3) is 3.68. The summed E-state index contributed by atoms with van der Waals surface area (Å²) >= 11 is 0. The van der Waals surface area contributed by atoms with Gasteiger partial charge in [-0.1, -0.05) is 0 Å². The molecule has 2 N–H and O–H groups in total. The molecule has 20 heavy (non-hydrogen) atoms. The van der Waals surface area contributed by atoms with Gasteiger partial charge in [0, 0.05) is 6.20 Å². The van der Waals surface area contributed by atoms with Crippen molar-refractivity contribution >= 4 is 16.0 Å². The van der Waals surface area contributed by atoms with Crippen molar-refractivity contribution in [3.05, 3.63) is 36.5 Å². The second-order valence-corrected chi connectivity index (χ2v) is 5.75. The summed E-state index contributed by atoms with van der Waals surface area (Å²) in [6.45, 7) is 0.151. The Balaban J connectivity index is 2.00. The maximum absolute atomic E-state index is 12.0. The zero-order valence-corrected chi connectivity index (χ0v) is 11.2. The molecular formula is C11H13N3O5S. The summed E-state index contributed by atoms with van der Waals surface area (Å²) in [5.74, 6) is -0.479. The van der Waals surface area contributed by atoms with E-state index in [9.17, 15) is 13.2 Å². The molecule has 108 valence electrons. The van der Waals surface area contributed by atoms with E-state index in [1.807, 2.05) is 0 Å². The highest BCUT2D eigenvalue weighted by Gasteiger charge is 2.16. The molecule has 0 atom stereocenters. The van der Waals surface area contributed by atoms with Crippen LogP contribution in [0.2, 0.25) is 0 Å². The number of aromatic nitrogens is 2. The van der Waals surface area contributed by atoms with Gasteiger partial charge in [0.05, 0.1) is 32.0 Å². The molecule has 2 rings (SSSR count). The predicted octanol–water partition coefficient (Wildman–Crippen LogP) is 0.429. The average molecular weight is 299 g/mol. The van der Waals surface area contributed by atoms with Gasteiger partial charge in [0.1, 0.15) is 10.7 Å². The van der Waals surface area contributed by atoms with Crippen molar-refractivity contribution in [3.63, 3.8) is 0 Å². The fraction of sp³-hybridized carbons (Fsp3) is 0.273. The monoisotopic (exact) mass is 299 g/mol. The molecule has 2 heterocycles. The highest BCUT2D eigenvalue weighted by atomic mass is 32.2. The minimum atomic E-state index is -3.69. The Labute approximate surface area is 115 Å². The number of carboxylic acid groups (broad SMARTS) is 1. The molecule has 8 nitrogen and oxygen atoms in total. The Hall–Kier alpha value is -2.13. The quantitative estimate of drug-likeness (QED) is 0.766. The summed E-state index contributed by atoms with van der Waals surface area (Å²) in [6.07, 6.45) is 3.79. The van der Waals surface area contributed by atoms with Gasteiger partial charge >= 0.3 is 5.97 Å². The van der Waals surface area contributed by atoms with Gasteiger partial charge in [-0.25, -0.2) is 13.1 Å². The fourth-order valence-electron chi connectivity index (χ4n) is 1.48. The molecule has 2 aromatic rings. The molecule has 0 saturated heterocycles. The van der Waals surface area contributed by atoms with Gasteiger partial charge in [0.2, 0.25) is 10.0 Å². The van der Waals surface area contributed by atoms with Gasteiger partial charge in [-0.05, 0) is 12.1 Å². The molecule has 0 saturated carbocycles. The number of aliphatic carboxylic acids is 1. The summed E-state index contributed by atoms with van der Waals surface area (Å²) in [7, 11) is -3.69. The van der Waals surface area contributed by atoms with Crippen molar-refractivity contribution in [3.8, 4) is 0 Å². The van der Waals surface area contributed by atoms with Crippen molar-refractivity contribution in [1.29, 1.82) is 0 Å². The van der Waals surface area contributed by atoms with E-state index in [1.165, 1.54) is 23.3 Å². The first-order chi connectivity index (χ1) is 9.47. The minimum absolute atomic E-state index is 0.0190. The zero-order chi connectivity index (χ0) is 14.6. The lowest BCUT2D eigenvalue weighted by molar-refractivity contribution is -0.137. The lowest BCUT2D eigenvalue weighted by Crippen LogP contribution is -2.22. The lowest BCUT2D eigenvalue weighted by Gasteiger charge is -2.02. The Morgan fingerprint density at radius 2 is 2.30 bits per heavy atom. The van der Waals surface area contributed by atoms with Gasteiger partial charge in [-0.3, -0.25) is 9.48 Å². The van der Waals surface area contributed by atoms with Crippen molar-refractivity contribution in [2.75, 3.05) is 0 Å². The van der Waals surface area contributed by atoms with Gasteiger partial charge in [-0.2, -0.15) is 5.10 Å². The van der Waals surface area contributed by atoms with E-state index in [2.05, 4.69) is 9.82 Å². The number of carbonyl (C=O) groups is 1. The maximum Gasteiger partial charge on any atom is 0.305 e. The number of hydrogen-bond donors (Lipinski definition) is 2. The standard InChI is InChI=1S/C11H13N3O5S/c15-11(16)3-4-14-8-10(7-12-14)20(17,18)13-6-9-2-1-5-19-9/h1-2,5,7-8,13H,3-4,6H2,(H,15,16). The highest BCUT2D eigenvalue weighted by Crippen LogP contribution is 2.09. The molecule has 2 aromatic heterocycles. The molecule has 9 heteroatoms. The van der Waals surface area contributed by atoms with E-state index in [0.717, 1.165) is 0 Å². The number of nitrogens with zero attached hydrogens (tertiary/aromatic N) is 2. The molecule has 0 bridgehead atoms. The third-order valence-corrected chi connectivity index (χ3v) is 3.85. The Bertz CT molecular complexity index is 675. The van der Waals surface area contributed by atoms with Crippen molar-refractivity contribution in [2.45, 2.75) is 24.4 Å². The average Bonchev–Trinajstić information content (AvgIpc) is 3.05. The number of hydrogen-bond acceptors (Lipinski definition) is 5.